The molecule has 0 N–H and O–H groups in total. The summed E-state index contributed by atoms with van der Waals surface area (Å²) in [5, 5.41) is 2.50. The minimum Gasteiger partial charge on any atom is -0.455 e. The molecule has 1 aliphatic carbocycles. The van der Waals surface area contributed by atoms with Crippen LogP contribution in [0.5, 0.6) is 0 Å². The third kappa shape index (κ3) is 2.04. The average molecular weight is 355 g/mol. The van der Waals surface area contributed by atoms with Gasteiger partial charge in [-0.2, -0.15) is 0 Å². The topological polar surface area (TPSA) is 26.0 Å². The molecule has 2 aromatic heterocycles. The summed E-state index contributed by atoms with van der Waals surface area (Å²) in [5.41, 5.74) is 10.5. The summed E-state index contributed by atoms with van der Waals surface area (Å²) in [6.07, 6.45) is 1.98. The van der Waals surface area contributed by atoms with Gasteiger partial charge in [-0.25, -0.2) is 0 Å². The molecule has 2 nitrogen and oxygen atoms in total. The van der Waals surface area contributed by atoms with Gasteiger partial charge < -0.3 is 4.42 Å². The molecule has 1 aliphatic rings. The fourth-order valence-electron chi connectivity index (χ4n) is 4.70. The van der Waals surface area contributed by atoms with Gasteiger partial charge in [0, 0.05) is 27.9 Å². The Morgan fingerprint density at radius 1 is 0.926 bits per heavy atom. The minimum atomic E-state index is -0.147. The molecule has 136 valence electrons. The van der Waals surface area contributed by atoms with E-state index in [4.69, 9.17) is 9.40 Å². The van der Waals surface area contributed by atoms with E-state index >= 15 is 0 Å². The van der Waals surface area contributed by atoms with Gasteiger partial charge in [-0.05, 0) is 47.6 Å². The van der Waals surface area contributed by atoms with Crippen molar-refractivity contribution >= 4 is 21.9 Å². The highest BCUT2D eigenvalue weighted by Gasteiger charge is 2.35. The number of hydrogen-bond donors (Lipinski definition) is 0. The van der Waals surface area contributed by atoms with Crippen LogP contribution in [0.4, 0.5) is 0 Å². The van der Waals surface area contributed by atoms with Crippen molar-refractivity contribution < 1.29 is 4.42 Å². The van der Waals surface area contributed by atoms with E-state index in [1.54, 1.807) is 0 Å². The predicted molar refractivity (Wildman–Crippen MR) is 113 cm³/mol. The second-order valence-corrected chi connectivity index (χ2v) is 8.83. The van der Waals surface area contributed by atoms with Gasteiger partial charge in [-0.1, -0.05) is 58.0 Å². The summed E-state index contributed by atoms with van der Waals surface area (Å²) < 4.78 is 6.54. The molecule has 0 unspecified atom stereocenters. The molecule has 5 rings (SSSR count). The van der Waals surface area contributed by atoms with Gasteiger partial charge >= 0.3 is 0 Å². The molecule has 2 heteroatoms. The van der Waals surface area contributed by atoms with Crippen LogP contribution in [-0.2, 0) is 5.41 Å². The van der Waals surface area contributed by atoms with Crippen LogP contribution >= 0.6 is 0 Å². The number of aryl methyl sites for hydroxylation is 2. The number of nitrogens with zero attached hydrogens (tertiary/aromatic N) is 1. The van der Waals surface area contributed by atoms with Gasteiger partial charge in [0.15, 0.2) is 0 Å². The fourth-order valence-corrected chi connectivity index (χ4v) is 4.70. The number of rotatable bonds is 1. The first-order chi connectivity index (χ1) is 12.8. The number of hydrogen-bond acceptors (Lipinski definition) is 2. The second kappa shape index (κ2) is 5.22. The minimum absolute atomic E-state index is 0.147. The Bertz CT molecular complexity index is 1240. The molecular formula is C25H25NO. The van der Waals surface area contributed by atoms with Gasteiger partial charge in [0.1, 0.15) is 11.2 Å². The number of fused-ring (bicyclic) bond motifs is 2. The quantitative estimate of drug-likeness (QED) is 0.366. The van der Waals surface area contributed by atoms with Gasteiger partial charge in [0.05, 0.1) is 5.69 Å². The van der Waals surface area contributed by atoms with E-state index in [2.05, 4.69) is 71.9 Å². The zero-order valence-corrected chi connectivity index (χ0v) is 16.9. The molecule has 0 spiro atoms. The van der Waals surface area contributed by atoms with Crippen LogP contribution in [0.15, 0.2) is 40.9 Å². The van der Waals surface area contributed by atoms with Crippen molar-refractivity contribution in [2.24, 2.45) is 0 Å². The van der Waals surface area contributed by atoms with Crippen molar-refractivity contribution in [2.75, 3.05) is 0 Å². The van der Waals surface area contributed by atoms with E-state index in [0.717, 1.165) is 16.9 Å². The van der Waals surface area contributed by atoms with Crippen molar-refractivity contribution in [2.45, 2.75) is 52.9 Å². The number of benzene rings is 2. The maximum absolute atomic E-state index is 6.54. The molecule has 0 saturated carbocycles. The first-order valence-corrected chi connectivity index (χ1v) is 9.77. The molecule has 0 atom stereocenters. The van der Waals surface area contributed by atoms with Gasteiger partial charge in [0.25, 0.3) is 0 Å². The largest absolute Gasteiger partial charge is 0.455 e. The molecule has 0 amide bonds. The van der Waals surface area contributed by atoms with Crippen molar-refractivity contribution in [3.63, 3.8) is 0 Å². The molecule has 4 aromatic rings. The third-order valence-electron chi connectivity index (χ3n) is 6.25. The summed E-state index contributed by atoms with van der Waals surface area (Å²) >= 11 is 0. The van der Waals surface area contributed by atoms with Crippen LogP contribution in [0.3, 0.4) is 0 Å². The zero-order chi connectivity index (χ0) is 19.1. The van der Waals surface area contributed by atoms with E-state index in [-0.39, 0.29) is 5.41 Å². The molecule has 0 aliphatic heterocycles. The van der Waals surface area contributed by atoms with Crippen LogP contribution in [0.25, 0.3) is 33.2 Å². The summed E-state index contributed by atoms with van der Waals surface area (Å²) in [7, 11) is 0. The highest BCUT2D eigenvalue weighted by molar-refractivity contribution is 6.16. The van der Waals surface area contributed by atoms with E-state index in [0.29, 0.717) is 5.92 Å². The first-order valence-electron chi connectivity index (χ1n) is 9.77. The van der Waals surface area contributed by atoms with E-state index in [9.17, 15) is 0 Å². The predicted octanol–water partition coefficient (Wildman–Crippen LogP) is 7.03. The lowest BCUT2D eigenvalue weighted by atomic mass is 9.76. The summed E-state index contributed by atoms with van der Waals surface area (Å²) in [4.78, 5) is 4.89. The van der Waals surface area contributed by atoms with Crippen molar-refractivity contribution in [3.05, 3.63) is 64.3 Å². The molecule has 0 saturated heterocycles. The normalized spacial score (nSPS) is 14.9. The molecule has 2 aromatic carbocycles. The smallest absolute Gasteiger partial charge is 0.139 e. The Labute approximate surface area is 160 Å². The Kier molecular flexibility index (Phi) is 3.20. The van der Waals surface area contributed by atoms with E-state index in [1.807, 2.05) is 6.20 Å². The molecule has 0 fully saturated rings. The van der Waals surface area contributed by atoms with Crippen molar-refractivity contribution in [1.82, 2.24) is 4.98 Å². The summed E-state index contributed by atoms with van der Waals surface area (Å²) in [5.74, 6) is 0.414. The Hall–Kier alpha value is -2.61. The Morgan fingerprint density at radius 3 is 2.44 bits per heavy atom. The summed E-state index contributed by atoms with van der Waals surface area (Å²) in [6.45, 7) is 13.4. The molecule has 0 bridgehead atoms. The van der Waals surface area contributed by atoms with Crippen LogP contribution in [0.2, 0.25) is 0 Å². The van der Waals surface area contributed by atoms with E-state index < -0.39 is 0 Å². The lowest BCUT2D eigenvalue weighted by Crippen LogP contribution is -2.20. The monoisotopic (exact) mass is 355 g/mol. The number of furan rings is 1. The maximum atomic E-state index is 6.54. The van der Waals surface area contributed by atoms with Gasteiger partial charge in [0.2, 0.25) is 0 Å². The lowest BCUT2D eigenvalue weighted by Gasteiger charge is -2.28. The van der Waals surface area contributed by atoms with Crippen LogP contribution in [0, 0.1) is 13.8 Å². The highest BCUT2D eigenvalue weighted by Crippen LogP contribution is 2.50. The van der Waals surface area contributed by atoms with Crippen LogP contribution < -0.4 is 0 Å². The third-order valence-corrected chi connectivity index (χ3v) is 6.25. The second-order valence-electron chi connectivity index (χ2n) is 8.83. The highest BCUT2D eigenvalue weighted by atomic mass is 16.3. The number of pyridine rings is 1. The molecule has 27 heavy (non-hydrogen) atoms. The van der Waals surface area contributed by atoms with Gasteiger partial charge in [-0.3, -0.25) is 4.98 Å². The SMILES string of the molecule is Cc1cnc2c(c1)C(C)(C)c1ccc(C(C)C)c3oc4c(C)ccc-2c4c13. The lowest BCUT2D eigenvalue weighted by molar-refractivity contribution is 0.635. The first kappa shape index (κ1) is 16.6. The molecule has 0 radical (unpaired) electrons. The zero-order valence-electron chi connectivity index (χ0n) is 16.9. The van der Waals surface area contributed by atoms with Crippen molar-refractivity contribution in [3.8, 4) is 11.3 Å². The van der Waals surface area contributed by atoms with Crippen molar-refractivity contribution in [1.29, 1.82) is 0 Å². The Morgan fingerprint density at radius 2 is 1.70 bits per heavy atom. The standard InChI is InChI=1S/C25H25NO/c1-13(2)16-9-10-18-21-20-17(8-7-15(4)23(20)27-24(16)21)22-19(25(18,5)6)11-14(3)12-26-22/h7-13H,1-6H3. The van der Waals surface area contributed by atoms with Crippen LogP contribution in [0.1, 0.15) is 61.4 Å². The van der Waals surface area contributed by atoms with Crippen LogP contribution in [-0.4, -0.2) is 4.98 Å². The average Bonchev–Trinajstić information content (AvgIpc) is 2.99. The fraction of sp³-hybridized carbons (Fsp3) is 0.320. The molecular weight excluding hydrogens is 330 g/mol. The van der Waals surface area contributed by atoms with Gasteiger partial charge in [-0.15, -0.1) is 0 Å². The summed E-state index contributed by atoms with van der Waals surface area (Å²) in [6, 6.07) is 11.3. The number of aromatic nitrogens is 1. The van der Waals surface area contributed by atoms with E-state index in [1.165, 1.54) is 44.2 Å². The maximum Gasteiger partial charge on any atom is 0.139 e. The molecule has 2 heterocycles. The Balaban J connectivity index is 2.10.